The third-order valence-corrected chi connectivity index (χ3v) is 6.57. The van der Waals surface area contributed by atoms with Crippen molar-refractivity contribution < 1.29 is 14.0 Å². The fourth-order valence-corrected chi connectivity index (χ4v) is 4.22. The normalized spacial score (nSPS) is 16.4. The largest absolute Gasteiger partial charge is 0.441 e. The fourth-order valence-electron chi connectivity index (χ4n) is 4.22. The van der Waals surface area contributed by atoms with Crippen molar-refractivity contribution in [3.05, 3.63) is 65.8 Å². The van der Waals surface area contributed by atoms with Crippen molar-refractivity contribution in [2.45, 2.75) is 46.6 Å². The van der Waals surface area contributed by atoms with Crippen LogP contribution in [0.3, 0.4) is 0 Å². The van der Waals surface area contributed by atoms with Crippen molar-refractivity contribution in [3.63, 3.8) is 0 Å². The SMILES string of the molecule is CCC1(CC)C[C@@H]1C(=O)NCc1nc(-c2ccccc2NC(=O)c2cccnc2)oc1C. The standard InChI is InChI=1S/C25H28N4O3/c1-4-25(5-2)13-19(25)23(31)27-15-21-16(3)32-24(29-21)18-10-6-7-11-20(18)28-22(30)17-9-8-12-26-14-17/h6-12,14,19H,4-5,13,15H2,1-3H3,(H,27,31)(H,28,30)/t19-/m1/s1. The molecule has 2 N–H and O–H groups in total. The Labute approximate surface area is 187 Å². The van der Waals surface area contributed by atoms with Gasteiger partial charge in [0.2, 0.25) is 11.8 Å². The molecule has 1 atom stereocenters. The number of oxazole rings is 1. The van der Waals surface area contributed by atoms with Gasteiger partial charge >= 0.3 is 0 Å². The predicted octanol–water partition coefficient (Wildman–Crippen LogP) is 4.74. The number of hydrogen-bond donors (Lipinski definition) is 2. The Hall–Kier alpha value is -3.48. The summed E-state index contributed by atoms with van der Waals surface area (Å²) in [5, 5.41) is 5.92. The first-order valence-corrected chi connectivity index (χ1v) is 11.0. The van der Waals surface area contributed by atoms with Gasteiger partial charge in [-0.3, -0.25) is 14.6 Å². The molecule has 1 aromatic carbocycles. The van der Waals surface area contributed by atoms with Crippen LogP contribution in [-0.2, 0) is 11.3 Å². The van der Waals surface area contributed by atoms with Gasteiger partial charge in [0.25, 0.3) is 5.91 Å². The van der Waals surface area contributed by atoms with Gasteiger partial charge in [-0.15, -0.1) is 0 Å². The van der Waals surface area contributed by atoms with Crippen LogP contribution in [-0.4, -0.2) is 21.8 Å². The maximum absolute atomic E-state index is 12.6. The number of nitrogens with zero attached hydrogens (tertiary/aromatic N) is 2. The highest BCUT2D eigenvalue weighted by Gasteiger charge is 2.55. The predicted molar refractivity (Wildman–Crippen MR) is 122 cm³/mol. The van der Waals surface area contributed by atoms with Gasteiger partial charge < -0.3 is 15.1 Å². The van der Waals surface area contributed by atoms with Crippen LogP contribution in [0.1, 0.15) is 54.9 Å². The number of pyridine rings is 1. The summed E-state index contributed by atoms with van der Waals surface area (Å²) in [6, 6.07) is 10.7. The minimum absolute atomic E-state index is 0.0850. The Balaban J connectivity index is 1.47. The van der Waals surface area contributed by atoms with E-state index in [-0.39, 0.29) is 23.1 Å². The molecule has 0 aliphatic heterocycles. The minimum atomic E-state index is -0.263. The van der Waals surface area contributed by atoms with E-state index < -0.39 is 0 Å². The van der Waals surface area contributed by atoms with Gasteiger partial charge in [0.15, 0.2) is 0 Å². The highest BCUT2D eigenvalue weighted by Crippen LogP contribution is 2.57. The number of aryl methyl sites for hydroxylation is 1. The van der Waals surface area contributed by atoms with Gasteiger partial charge in [0, 0.05) is 18.3 Å². The van der Waals surface area contributed by atoms with E-state index in [0.717, 1.165) is 19.3 Å². The number of rotatable bonds is 8. The summed E-state index contributed by atoms with van der Waals surface area (Å²) in [7, 11) is 0. The van der Waals surface area contributed by atoms with E-state index in [1.54, 1.807) is 24.4 Å². The number of amides is 2. The van der Waals surface area contributed by atoms with Gasteiger partial charge in [-0.05, 0) is 55.9 Å². The lowest BCUT2D eigenvalue weighted by atomic mass is 9.97. The van der Waals surface area contributed by atoms with Crippen LogP contribution in [0, 0.1) is 18.3 Å². The second kappa shape index (κ2) is 8.94. The third-order valence-electron chi connectivity index (χ3n) is 6.57. The van der Waals surface area contributed by atoms with Crippen molar-refractivity contribution >= 4 is 17.5 Å². The Morgan fingerprint density at radius 1 is 1.16 bits per heavy atom. The minimum Gasteiger partial charge on any atom is -0.441 e. The molecule has 3 aromatic rings. The monoisotopic (exact) mass is 432 g/mol. The number of benzene rings is 1. The Morgan fingerprint density at radius 2 is 1.94 bits per heavy atom. The fraction of sp³-hybridized carbons (Fsp3) is 0.360. The molecule has 1 saturated carbocycles. The van der Waals surface area contributed by atoms with Crippen LogP contribution >= 0.6 is 0 Å². The first-order chi connectivity index (χ1) is 15.5. The van der Waals surface area contributed by atoms with E-state index in [0.29, 0.717) is 40.7 Å². The molecule has 7 heteroatoms. The Morgan fingerprint density at radius 3 is 2.62 bits per heavy atom. The lowest BCUT2D eigenvalue weighted by Gasteiger charge is -2.11. The van der Waals surface area contributed by atoms with Crippen LogP contribution in [0.25, 0.3) is 11.5 Å². The summed E-state index contributed by atoms with van der Waals surface area (Å²) in [6.45, 7) is 6.44. The van der Waals surface area contributed by atoms with Crippen LogP contribution in [0.15, 0.2) is 53.2 Å². The summed E-state index contributed by atoms with van der Waals surface area (Å²) in [4.78, 5) is 33.7. The number of carbonyl (C=O) groups is 2. The molecule has 2 aromatic heterocycles. The molecule has 0 radical (unpaired) electrons. The molecule has 4 rings (SSSR count). The second-order valence-corrected chi connectivity index (χ2v) is 8.31. The molecule has 32 heavy (non-hydrogen) atoms. The molecular formula is C25H28N4O3. The van der Waals surface area contributed by atoms with E-state index in [1.807, 2.05) is 25.1 Å². The van der Waals surface area contributed by atoms with Crippen molar-refractivity contribution in [3.8, 4) is 11.5 Å². The van der Waals surface area contributed by atoms with Crippen LogP contribution in [0.4, 0.5) is 5.69 Å². The first kappa shape index (κ1) is 21.7. The molecule has 0 unspecified atom stereocenters. The average molecular weight is 433 g/mol. The number of nitrogens with one attached hydrogen (secondary N) is 2. The highest BCUT2D eigenvalue weighted by atomic mass is 16.4. The zero-order chi connectivity index (χ0) is 22.7. The third kappa shape index (κ3) is 4.28. The topological polar surface area (TPSA) is 97.1 Å². The van der Waals surface area contributed by atoms with Gasteiger partial charge in [-0.1, -0.05) is 26.0 Å². The average Bonchev–Trinajstić information content (AvgIpc) is 3.46. The summed E-state index contributed by atoms with van der Waals surface area (Å²) in [5.41, 5.74) is 2.57. The van der Waals surface area contributed by atoms with E-state index in [9.17, 15) is 9.59 Å². The zero-order valence-corrected chi connectivity index (χ0v) is 18.6. The maximum atomic E-state index is 12.6. The van der Waals surface area contributed by atoms with Gasteiger partial charge in [0.1, 0.15) is 11.5 Å². The Kier molecular flexibility index (Phi) is 6.08. The van der Waals surface area contributed by atoms with E-state index >= 15 is 0 Å². The lowest BCUT2D eigenvalue weighted by molar-refractivity contribution is -0.123. The molecular weight excluding hydrogens is 404 g/mol. The smallest absolute Gasteiger partial charge is 0.257 e. The number of anilines is 1. The van der Waals surface area contributed by atoms with Crippen LogP contribution in [0.2, 0.25) is 0 Å². The number of aromatic nitrogens is 2. The van der Waals surface area contributed by atoms with Crippen molar-refractivity contribution in [2.24, 2.45) is 11.3 Å². The van der Waals surface area contributed by atoms with Crippen molar-refractivity contribution in [1.82, 2.24) is 15.3 Å². The number of para-hydroxylation sites is 1. The van der Waals surface area contributed by atoms with E-state index in [1.165, 1.54) is 6.20 Å². The first-order valence-electron chi connectivity index (χ1n) is 11.0. The summed E-state index contributed by atoms with van der Waals surface area (Å²) in [5.74, 6) is 0.953. The molecule has 1 fully saturated rings. The molecule has 166 valence electrons. The van der Waals surface area contributed by atoms with Gasteiger partial charge in [-0.25, -0.2) is 4.98 Å². The Bertz CT molecular complexity index is 1120. The highest BCUT2D eigenvalue weighted by molar-refractivity contribution is 6.05. The van der Waals surface area contributed by atoms with Crippen LogP contribution in [0.5, 0.6) is 0 Å². The summed E-state index contributed by atoms with van der Waals surface area (Å²) < 4.78 is 5.89. The molecule has 0 saturated heterocycles. The molecule has 1 aliphatic carbocycles. The van der Waals surface area contributed by atoms with E-state index in [4.69, 9.17) is 4.42 Å². The number of hydrogen-bond acceptors (Lipinski definition) is 5. The van der Waals surface area contributed by atoms with E-state index in [2.05, 4.69) is 34.4 Å². The van der Waals surface area contributed by atoms with Gasteiger partial charge in [0.05, 0.1) is 23.4 Å². The van der Waals surface area contributed by atoms with Gasteiger partial charge in [-0.2, -0.15) is 0 Å². The lowest BCUT2D eigenvalue weighted by Crippen LogP contribution is -2.27. The van der Waals surface area contributed by atoms with Crippen LogP contribution < -0.4 is 10.6 Å². The molecule has 0 spiro atoms. The molecule has 2 heterocycles. The molecule has 2 amide bonds. The summed E-state index contributed by atoms with van der Waals surface area (Å²) >= 11 is 0. The maximum Gasteiger partial charge on any atom is 0.257 e. The van der Waals surface area contributed by atoms with Crippen molar-refractivity contribution in [2.75, 3.05) is 5.32 Å². The molecule has 0 bridgehead atoms. The summed E-state index contributed by atoms with van der Waals surface area (Å²) in [6.07, 6.45) is 6.14. The second-order valence-electron chi connectivity index (χ2n) is 8.31. The molecule has 1 aliphatic rings. The zero-order valence-electron chi connectivity index (χ0n) is 18.6. The van der Waals surface area contributed by atoms with Crippen molar-refractivity contribution in [1.29, 1.82) is 0 Å². The number of carbonyl (C=O) groups excluding carboxylic acids is 2. The molecule has 7 nitrogen and oxygen atoms in total. The quantitative estimate of drug-likeness (QED) is 0.536.